The monoisotopic (exact) mass is 247 g/mol. The molecule has 3 nitrogen and oxygen atoms in total. The lowest BCUT2D eigenvalue weighted by atomic mass is 9.89. The van der Waals surface area contributed by atoms with E-state index in [0.717, 1.165) is 30.8 Å². The molecule has 3 rings (SSSR count). The summed E-state index contributed by atoms with van der Waals surface area (Å²) in [5, 5.41) is 3.65. The molecule has 2 bridgehead atoms. The van der Waals surface area contributed by atoms with E-state index in [1.54, 1.807) is 0 Å². The van der Waals surface area contributed by atoms with Gasteiger partial charge < -0.3 is 9.88 Å². The van der Waals surface area contributed by atoms with E-state index >= 15 is 0 Å². The van der Waals surface area contributed by atoms with Crippen molar-refractivity contribution < 1.29 is 0 Å². The summed E-state index contributed by atoms with van der Waals surface area (Å²) in [6, 6.07) is 0. The van der Waals surface area contributed by atoms with Gasteiger partial charge in [0.05, 0.1) is 12.0 Å². The Bertz CT molecular complexity index is 385. The third-order valence-corrected chi connectivity index (χ3v) is 4.86. The lowest BCUT2D eigenvalue weighted by Gasteiger charge is -2.22. The molecule has 3 heteroatoms. The molecule has 1 aromatic rings. The van der Waals surface area contributed by atoms with Gasteiger partial charge in [0.15, 0.2) is 0 Å². The topological polar surface area (TPSA) is 29.9 Å². The Kier molecular flexibility index (Phi) is 3.69. The molecule has 0 spiro atoms. The summed E-state index contributed by atoms with van der Waals surface area (Å²) in [6.45, 7) is 5.49. The van der Waals surface area contributed by atoms with Gasteiger partial charge in [-0.3, -0.25) is 0 Å². The van der Waals surface area contributed by atoms with Crippen molar-refractivity contribution in [1.29, 1.82) is 0 Å². The Morgan fingerprint density at radius 3 is 3.06 bits per heavy atom. The molecule has 0 aliphatic heterocycles. The van der Waals surface area contributed by atoms with Gasteiger partial charge in [-0.25, -0.2) is 4.98 Å². The Labute approximate surface area is 110 Å². The molecule has 0 saturated heterocycles. The van der Waals surface area contributed by atoms with Crippen LogP contribution in [0.5, 0.6) is 0 Å². The molecule has 3 atom stereocenters. The Balaban J connectivity index is 1.45. The van der Waals surface area contributed by atoms with Gasteiger partial charge in [-0.1, -0.05) is 13.3 Å². The molecular weight excluding hydrogens is 222 g/mol. The highest BCUT2D eigenvalue weighted by Gasteiger charge is 2.38. The number of imidazole rings is 1. The highest BCUT2D eigenvalue weighted by atomic mass is 15.1. The fourth-order valence-electron chi connectivity index (χ4n) is 3.95. The van der Waals surface area contributed by atoms with Crippen LogP contribution in [0.2, 0.25) is 0 Å². The molecule has 1 N–H and O–H groups in total. The second kappa shape index (κ2) is 5.43. The summed E-state index contributed by atoms with van der Waals surface area (Å²) in [5.74, 6) is 3.04. The van der Waals surface area contributed by atoms with Crippen LogP contribution >= 0.6 is 0 Å². The van der Waals surface area contributed by atoms with E-state index in [2.05, 4.69) is 21.8 Å². The Hall–Kier alpha value is -0.830. The van der Waals surface area contributed by atoms with Gasteiger partial charge in [0.25, 0.3) is 0 Å². The molecule has 100 valence electrons. The van der Waals surface area contributed by atoms with Crippen molar-refractivity contribution in [3.8, 4) is 0 Å². The molecule has 2 aliphatic rings. The summed E-state index contributed by atoms with van der Waals surface area (Å²) in [5.41, 5.74) is 1.33. The van der Waals surface area contributed by atoms with Gasteiger partial charge in [0.1, 0.15) is 0 Å². The minimum absolute atomic E-state index is 0.950. The summed E-state index contributed by atoms with van der Waals surface area (Å²) < 4.78 is 2.27. The zero-order valence-electron chi connectivity index (χ0n) is 11.4. The number of aryl methyl sites for hydroxylation is 1. The summed E-state index contributed by atoms with van der Waals surface area (Å²) in [7, 11) is 0. The number of nitrogens with zero attached hydrogens (tertiary/aromatic N) is 2. The fraction of sp³-hybridized carbons (Fsp3) is 0.800. The highest BCUT2D eigenvalue weighted by molar-refractivity contribution is 4.98. The van der Waals surface area contributed by atoms with Gasteiger partial charge in [-0.15, -0.1) is 0 Å². The average Bonchev–Trinajstić information content (AvgIpc) is 3.06. The summed E-state index contributed by atoms with van der Waals surface area (Å²) >= 11 is 0. The van der Waals surface area contributed by atoms with E-state index in [4.69, 9.17) is 0 Å². The van der Waals surface area contributed by atoms with Crippen molar-refractivity contribution in [2.75, 3.05) is 6.54 Å². The van der Waals surface area contributed by atoms with E-state index in [9.17, 15) is 0 Å². The van der Waals surface area contributed by atoms with Crippen LogP contribution in [0.3, 0.4) is 0 Å². The van der Waals surface area contributed by atoms with E-state index in [1.165, 1.54) is 44.3 Å². The van der Waals surface area contributed by atoms with Crippen LogP contribution < -0.4 is 5.32 Å². The predicted octanol–water partition coefficient (Wildman–Crippen LogP) is 2.82. The van der Waals surface area contributed by atoms with E-state index in [-0.39, 0.29) is 0 Å². The number of fused-ring (bicyclic) bond motifs is 2. The molecular formula is C15H25N3. The minimum Gasteiger partial charge on any atom is -0.333 e. The smallest absolute Gasteiger partial charge is 0.0948 e. The summed E-state index contributed by atoms with van der Waals surface area (Å²) in [6.07, 6.45) is 11.1. The van der Waals surface area contributed by atoms with Crippen molar-refractivity contribution >= 4 is 0 Å². The standard InChI is InChI=1S/C15H25N3/c1-2-5-18-11-17-10-15(18)9-16-8-14-7-12-3-4-13(14)6-12/h10-14,16H,2-9H2,1H3. The number of hydrogen-bond acceptors (Lipinski definition) is 2. The Morgan fingerprint density at radius 1 is 1.39 bits per heavy atom. The van der Waals surface area contributed by atoms with Crippen LogP contribution in [0.1, 0.15) is 44.7 Å². The van der Waals surface area contributed by atoms with E-state index in [0.29, 0.717) is 0 Å². The zero-order valence-corrected chi connectivity index (χ0v) is 11.4. The maximum Gasteiger partial charge on any atom is 0.0948 e. The molecule has 2 aliphatic carbocycles. The maximum atomic E-state index is 4.25. The SMILES string of the molecule is CCCn1cncc1CNCC1CC2CCC1C2. The molecule has 0 radical (unpaired) electrons. The van der Waals surface area contributed by atoms with Crippen LogP contribution in [0.4, 0.5) is 0 Å². The Morgan fingerprint density at radius 2 is 2.33 bits per heavy atom. The van der Waals surface area contributed by atoms with Crippen LogP contribution in [0, 0.1) is 17.8 Å². The van der Waals surface area contributed by atoms with Crippen molar-refractivity contribution in [3.63, 3.8) is 0 Å². The van der Waals surface area contributed by atoms with Gasteiger partial charge in [0.2, 0.25) is 0 Å². The predicted molar refractivity (Wildman–Crippen MR) is 73.2 cm³/mol. The van der Waals surface area contributed by atoms with Crippen molar-refractivity contribution in [2.24, 2.45) is 17.8 Å². The lowest BCUT2D eigenvalue weighted by molar-refractivity contribution is 0.317. The second-order valence-electron chi connectivity index (χ2n) is 6.14. The second-order valence-corrected chi connectivity index (χ2v) is 6.14. The first-order chi connectivity index (χ1) is 8.86. The first kappa shape index (κ1) is 12.2. The minimum atomic E-state index is 0.950. The maximum absolute atomic E-state index is 4.25. The number of aromatic nitrogens is 2. The first-order valence-corrected chi connectivity index (χ1v) is 7.56. The van der Waals surface area contributed by atoms with E-state index in [1.807, 2.05) is 12.5 Å². The van der Waals surface area contributed by atoms with Gasteiger partial charge in [-0.05, 0) is 50.0 Å². The quantitative estimate of drug-likeness (QED) is 0.837. The van der Waals surface area contributed by atoms with Crippen LogP contribution in [0.25, 0.3) is 0 Å². The molecule has 1 aromatic heterocycles. The molecule has 0 aromatic carbocycles. The van der Waals surface area contributed by atoms with Crippen LogP contribution in [-0.4, -0.2) is 16.1 Å². The van der Waals surface area contributed by atoms with Gasteiger partial charge in [-0.2, -0.15) is 0 Å². The molecule has 2 fully saturated rings. The fourth-order valence-corrected chi connectivity index (χ4v) is 3.95. The largest absolute Gasteiger partial charge is 0.333 e. The number of hydrogen-bond donors (Lipinski definition) is 1. The van der Waals surface area contributed by atoms with Crippen molar-refractivity contribution in [2.45, 2.75) is 52.1 Å². The third-order valence-electron chi connectivity index (χ3n) is 4.86. The van der Waals surface area contributed by atoms with Crippen molar-refractivity contribution in [3.05, 3.63) is 18.2 Å². The molecule has 1 heterocycles. The number of rotatable bonds is 6. The molecule has 3 unspecified atom stereocenters. The van der Waals surface area contributed by atoms with Crippen LogP contribution in [0.15, 0.2) is 12.5 Å². The van der Waals surface area contributed by atoms with Gasteiger partial charge in [0, 0.05) is 19.3 Å². The average molecular weight is 247 g/mol. The molecule has 18 heavy (non-hydrogen) atoms. The zero-order chi connectivity index (χ0) is 12.4. The highest BCUT2D eigenvalue weighted by Crippen LogP contribution is 2.47. The van der Waals surface area contributed by atoms with Crippen LogP contribution in [-0.2, 0) is 13.1 Å². The van der Waals surface area contributed by atoms with E-state index < -0.39 is 0 Å². The summed E-state index contributed by atoms with van der Waals surface area (Å²) in [4.78, 5) is 4.25. The normalized spacial score (nSPS) is 30.2. The number of nitrogens with one attached hydrogen (secondary N) is 1. The molecule has 0 amide bonds. The van der Waals surface area contributed by atoms with Crippen molar-refractivity contribution in [1.82, 2.24) is 14.9 Å². The third kappa shape index (κ3) is 2.46. The van der Waals surface area contributed by atoms with Gasteiger partial charge >= 0.3 is 0 Å². The lowest BCUT2D eigenvalue weighted by Crippen LogP contribution is -2.27. The molecule has 2 saturated carbocycles. The first-order valence-electron chi connectivity index (χ1n) is 7.56.